The Bertz CT molecular complexity index is 1010. The first-order valence-corrected chi connectivity index (χ1v) is 12.1. The number of rotatable bonds is 6. The van der Waals surface area contributed by atoms with Crippen molar-refractivity contribution in [2.24, 2.45) is 0 Å². The van der Waals surface area contributed by atoms with Gasteiger partial charge in [0.15, 0.2) is 0 Å². The summed E-state index contributed by atoms with van der Waals surface area (Å²) in [6.45, 7) is 6.07. The summed E-state index contributed by atoms with van der Waals surface area (Å²) >= 11 is 0. The number of nitrogens with one attached hydrogen (secondary N) is 1. The Balaban J connectivity index is 0.000000215. The third-order valence-corrected chi connectivity index (χ3v) is 5.51. The maximum absolute atomic E-state index is 11.9. The molecule has 2 fully saturated rings. The molecule has 37 heavy (non-hydrogen) atoms. The van der Waals surface area contributed by atoms with E-state index in [1.54, 1.807) is 26.9 Å². The molecule has 4 rings (SSSR count). The molecule has 196 valence electrons. The number of carboxylic acids is 1. The summed E-state index contributed by atoms with van der Waals surface area (Å²) in [6.07, 6.45) is 7.82. The normalized spacial score (nSPS) is 15.3. The number of aliphatic carboxylic acids is 1. The summed E-state index contributed by atoms with van der Waals surface area (Å²) in [5.74, 6) is -0.918. The number of nitrogens with zero attached hydrogens (tertiary/aromatic N) is 3. The minimum Gasteiger partial charge on any atom is -0.478 e. The van der Waals surface area contributed by atoms with Crippen molar-refractivity contribution in [2.45, 2.75) is 0 Å². The largest absolute Gasteiger partial charge is 0.478 e. The molecule has 9 nitrogen and oxygen atoms in total. The molecular formula is C28H34N4O5. The topological polar surface area (TPSA) is 110 Å². The molecule has 0 spiro atoms. The van der Waals surface area contributed by atoms with Gasteiger partial charge in [-0.3, -0.25) is 14.4 Å². The van der Waals surface area contributed by atoms with Crippen molar-refractivity contribution in [2.75, 3.05) is 52.4 Å². The predicted molar refractivity (Wildman–Crippen MR) is 143 cm³/mol. The standard InChI is InChI=1S/C14H16N2O2.C9H8O2.C5H10N2O/c17-12-15-8-10-16(11-9-15)14(18)7-6-13-4-2-1-3-5-13;10-9(11)7-6-8-4-2-1-3-5-8;8-5-7-3-1-6-2-4-7/h1-7,12H,8-11H2;1-7H,(H,10,11);5-6H,1-4H2/b2*7-6+;. The number of hydrogen-bond donors (Lipinski definition) is 2. The molecule has 3 amide bonds. The third kappa shape index (κ3) is 12.3. The molecule has 9 heteroatoms. The maximum Gasteiger partial charge on any atom is 0.328 e. The second-order valence-electron chi connectivity index (χ2n) is 8.18. The fourth-order valence-electron chi connectivity index (χ4n) is 3.40. The third-order valence-electron chi connectivity index (χ3n) is 5.51. The Morgan fingerprint density at radius 2 is 1.14 bits per heavy atom. The number of amides is 3. The Labute approximate surface area is 217 Å². The van der Waals surface area contributed by atoms with Crippen LogP contribution in [0.3, 0.4) is 0 Å². The molecule has 0 atom stereocenters. The number of benzene rings is 2. The zero-order chi connectivity index (χ0) is 26.7. The van der Waals surface area contributed by atoms with Gasteiger partial charge >= 0.3 is 5.97 Å². The monoisotopic (exact) mass is 506 g/mol. The van der Waals surface area contributed by atoms with Crippen molar-refractivity contribution in [3.05, 3.63) is 83.9 Å². The highest BCUT2D eigenvalue weighted by Crippen LogP contribution is 2.04. The van der Waals surface area contributed by atoms with Gasteiger partial charge in [-0.05, 0) is 23.3 Å². The molecule has 2 aliphatic heterocycles. The molecule has 0 aliphatic carbocycles. The van der Waals surface area contributed by atoms with Gasteiger partial charge < -0.3 is 25.1 Å². The lowest BCUT2D eigenvalue weighted by Crippen LogP contribution is -2.47. The molecule has 0 saturated carbocycles. The Hall–Kier alpha value is -4.24. The van der Waals surface area contributed by atoms with Crippen LogP contribution in [-0.4, -0.2) is 96.9 Å². The van der Waals surface area contributed by atoms with E-state index in [-0.39, 0.29) is 5.91 Å². The van der Waals surface area contributed by atoms with Gasteiger partial charge in [-0.1, -0.05) is 60.7 Å². The number of carbonyl (C=O) groups excluding carboxylic acids is 3. The Morgan fingerprint density at radius 1 is 0.676 bits per heavy atom. The first-order valence-electron chi connectivity index (χ1n) is 12.1. The van der Waals surface area contributed by atoms with Crippen molar-refractivity contribution >= 4 is 36.8 Å². The van der Waals surface area contributed by atoms with Crippen LogP contribution in [0.5, 0.6) is 0 Å². The van der Waals surface area contributed by atoms with Gasteiger partial charge in [-0.2, -0.15) is 0 Å². The molecular weight excluding hydrogens is 472 g/mol. The molecule has 2 aromatic carbocycles. The molecule has 0 bridgehead atoms. The van der Waals surface area contributed by atoms with E-state index in [0.717, 1.165) is 56.2 Å². The smallest absolute Gasteiger partial charge is 0.328 e. The Morgan fingerprint density at radius 3 is 1.57 bits per heavy atom. The minimum absolute atomic E-state index is 0.00408. The van der Waals surface area contributed by atoms with Crippen LogP contribution < -0.4 is 5.32 Å². The first-order chi connectivity index (χ1) is 18.0. The van der Waals surface area contributed by atoms with E-state index in [0.29, 0.717) is 26.2 Å². The van der Waals surface area contributed by atoms with Gasteiger partial charge in [0.05, 0.1) is 0 Å². The van der Waals surface area contributed by atoms with Crippen LogP contribution in [0.15, 0.2) is 72.8 Å². The van der Waals surface area contributed by atoms with Crippen LogP contribution in [0, 0.1) is 0 Å². The Kier molecular flexibility index (Phi) is 13.5. The minimum atomic E-state index is -0.922. The second kappa shape index (κ2) is 17.2. The molecule has 0 unspecified atom stereocenters. The first kappa shape index (κ1) is 29.0. The van der Waals surface area contributed by atoms with Crippen molar-refractivity contribution in [3.8, 4) is 0 Å². The maximum atomic E-state index is 11.9. The van der Waals surface area contributed by atoms with Gasteiger partial charge in [0.25, 0.3) is 0 Å². The highest BCUT2D eigenvalue weighted by molar-refractivity contribution is 5.91. The quantitative estimate of drug-likeness (QED) is 0.457. The van der Waals surface area contributed by atoms with E-state index < -0.39 is 5.97 Å². The number of carbonyl (C=O) groups is 4. The van der Waals surface area contributed by atoms with E-state index >= 15 is 0 Å². The second-order valence-corrected chi connectivity index (χ2v) is 8.18. The SMILES string of the molecule is O=C(O)/C=C/c1ccccc1.O=CN1CCN(C(=O)/C=C/c2ccccc2)CC1.O=CN1CCNCC1. The molecule has 2 N–H and O–H groups in total. The van der Waals surface area contributed by atoms with Gasteiger partial charge in [0, 0.05) is 64.5 Å². The lowest BCUT2D eigenvalue weighted by molar-refractivity contribution is -0.131. The van der Waals surface area contributed by atoms with Crippen molar-refractivity contribution < 1.29 is 24.3 Å². The fraction of sp³-hybridized carbons (Fsp3) is 0.286. The summed E-state index contributed by atoms with van der Waals surface area (Å²) in [7, 11) is 0. The summed E-state index contributed by atoms with van der Waals surface area (Å²) in [5, 5.41) is 11.4. The fourth-order valence-corrected chi connectivity index (χ4v) is 3.40. The number of piperazine rings is 2. The number of hydrogen-bond acceptors (Lipinski definition) is 5. The van der Waals surface area contributed by atoms with Crippen LogP contribution >= 0.6 is 0 Å². The predicted octanol–water partition coefficient (Wildman–Crippen LogP) is 1.83. The molecule has 2 saturated heterocycles. The summed E-state index contributed by atoms with van der Waals surface area (Å²) in [5.41, 5.74) is 1.91. The summed E-state index contributed by atoms with van der Waals surface area (Å²) in [4.78, 5) is 47.8. The van der Waals surface area contributed by atoms with E-state index in [4.69, 9.17) is 5.11 Å². The van der Waals surface area contributed by atoms with E-state index in [2.05, 4.69) is 5.32 Å². The average Bonchev–Trinajstić information content (AvgIpc) is 2.97. The highest BCUT2D eigenvalue weighted by atomic mass is 16.4. The van der Waals surface area contributed by atoms with Crippen LogP contribution in [0.1, 0.15) is 11.1 Å². The van der Waals surface area contributed by atoms with Crippen LogP contribution in [0.2, 0.25) is 0 Å². The number of carboxylic acid groups (broad SMARTS) is 1. The van der Waals surface area contributed by atoms with Crippen LogP contribution in [-0.2, 0) is 19.2 Å². The lowest BCUT2D eigenvalue weighted by atomic mass is 10.2. The van der Waals surface area contributed by atoms with E-state index in [9.17, 15) is 19.2 Å². The van der Waals surface area contributed by atoms with Gasteiger partial charge in [0.2, 0.25) is 18.7 Å². The van der Waals surface area contributed by atoms with Gasteiger partial charge in [-0.25, -0.2) is 4.79 Å². The van der Waals surface area contributed by atoms with Crippen molar-refractivity contribution in [1.29, 1.82) is 0 Å². The average molecular weight is 507 g/mol. The van der Waals surface area contributed by atoms with Crippen LogP contribution in [0.25, 0.3) is 12.2 Å². The molecule has 2 aromatic rings. The van der Waals surface area contributed by atoms with Crippen LogP contribution in [0.4, 0.5) is 0 Å². The van der Waals surface area contributed by atoms with Gasteiger partial charge in [-0.15, -0.1) is 0 Å². The molecule has 2 heterocycles. The molecule has 2 aliphatic rings. The zero-order valence-electron chi connectivity index (χ0n) is 20.8. The van der Waals surface area contributed by atoms with E-state index in [1.807, 2.05) is 66.7 Å². The highest BCUT2D eigenvalue weighted by Gasteiger charge is 2.17. The van der Waals surface area contributed by atoms with Crippen molar-refractivity contribution in [3.63, 3.8) is 0 Å². The molecule has 0 radical (unpaired) electrons. The zero-order valence-corrected chi connectivity index (χ0v) is 20.8. The van der Waals surface area contributed by atoms with Crippen molar-refractivity contribution in [1.82, 2.24) is 20.0 Å². The summed E-state index contributed by atoms with van der Waals surface area (Å²) < 4.78 is 0. The summed E-state index contributed by atoms with van der Waals surface area (Å²) in [6, 6.07) is 19.0. The molecule has 0 aromatic heterocycles. The van der Waals surface area contributed by atoms with Gasteiger partial charge in [0.1, 0.15) is 0 Å². The van der Waals surface area contributed by atoms with E-state index in [1.165, 1.54) is 0 Å². The lowest BCUT2D eigenvalue weighted by Gasteiger charge is -2.31.